The highest BCUT2D eigenvalue weighted by atomic mass is 32.2. The Labute approximate surface area is 150 Å². The maximum atomic E-state index is 12.5. The van der Waals surface area contributed by atoms with E-state index < -0.39 is 21.9 Å². The van der Waals surface area contributed by atoms with E-state index in [1.807, 2.05) is 0 Å². The fourth-order valence-corrected chi connectivity index (χ4v) is 3.89. The second-order valence-corrected chi connectivity index (χ2v) is 7.89. The van der Waals surface area contributed by atoms with Gasteiger partial charge in [-0.25, -0.2) is 17.9 Å². The smallest absolute Gasteiger partial charge is 0.419 e. The third-order valence-electron chi connectivity index (χ3n) is 4.22. The maximum absolute atomic E-state index is 12.5. The second-order valence-electron chi connectivity index (χ2n) is 6.13. The minimum absolute atomic E-state index is 0.0197. The van der Waals surface area contributed by atoms with E-state index in [-0.39, 0.29) is 17.9 Å². The Balaban J connectivity index is 1.72. The van der Waals surface area contributed by atoms with E-state index in [0.717, 1.165) is 0 Å². The topological polar surface area (TPSA) is 115 Å². The van der Waals surface area contributed by atoms with Gasteiger partial charge >= 0.3 is 5.76 Å². The number of aryl methyl sites for hydroxylation is 3. The van der Waals surface area contributed by atoms with Gasteiger partial charge in [-0.1, -0.05) is 0 Å². The second kappa shape index (κ2) is 6.75. The number of rotatable bonds is 6. The largest absolute Gasteiger partial charge is 0.466 e. The molecule has 1 atom stereocenters. The van der Waals surface area contributed by atoms with Gasteiger partial charge in [0.15, 0.2) is 5.58 Å². The lowest BCUT2D eigenvalue weighted by atomic mass is 10.1. The highest BCUT2D eigenvalue weighted by Crippen LogP contribution is 2.24. The molecule has 0 fully saturated rings. The number of nitrogens with zero attached hydrogens (tertiary/aromatic N) is 1. The first-order valence-corrected chi connectivity index (χ1v) is 9.51. The molecular formula is C17H20N2O6S. The molecule has 2 aromatic heterocycles. The number of benzene rings is 1. The molecule has 3 aromatic rings. The van der Waals surface area contributed by atoms with Gasteiger partial charge in [0.25, 0.3) is 0 Å². The van der Waals surface area contributed by atoms with Gasteiger partial charge in [0.05, 0.1) is 16.5 Å². The molecule has 2 heterocycles. The highest BCUT2D eigenvalue weighted by Gasteiger charge is 2.19. The number of hydrogen-bond acceptors (Lipinski definition) is 6. The van der Waals surface area contributed by atoms with Gasteiger partial charge in [-0.15, -0.1) is 0 Å². The Hall–Kier alpha value is -2.36. The summed E-state index contributed by atoms with van der Waals surface area (Å²) in [5.74, 6) is 0.747. The summed E-state index contributed by atoms with van der Waals surface area (Å²) >= 11 is 0. The average Bonchev–Trinajstić information content (AvgIpc) is 3.06. The molecule has 9 heteroatoms. The molecule has 0 aliphatic carbocycles. The fraction of sp³-hybridized carbons (Fsp3) is 0.353. The van der Waals surface area contributed by atoms with Crippen LogP contribution in [0.5, 0.6) is 0 Å². The van der Waals surface area contributed by atoms with Crippen LogP contribution in [-0.4, -0.2) is 24.6 Å². The molecule has 0 amide bonds. The zero-order valence-electron chi connectivity index (χ0n) is 14.6. The van der Waals surface area contributed by atoms with Crippen molar-refractivity contribution in [3.63, 3.8) is 0 Å². The molecule has 26 heavy (non-hydrogen) atoms. The van der Waals surface area contributed by atoms with Gasteiger partial charge in [0.1, 0.15) is 11.5 Å². The molecule has 0 radical (unpaired) electrons. The van der Waals surface area contributed by atoms with E-state index >= 15 is 0 Å². The molecule has 0 aliphatic rings. The summed E-state index contributed by atoms with van der Waals surface area (Å²) < 4.78 is 39.0. The van der Waals surface area contributed by atoms with Crippen LogP contribution >= 0.6 is 0 Å². The predicted octanol–water partition coefficient (Wildman–Crippen LogP) is 1.74. The predicted molar refractivity (Wildman–Crippen MR) is 94.4 cm³/mol. The number of hydrogen-bond donors (Lipinski definition) is 2. The van der Waals surface area contributed by atoms with Crippen LogP contribution in [0.2, 0.25) is 0 Å². The quantitative estimate of drug-likeness (QED) is 0.673. The van der Waals surface area contributed by atoms with Gasteiger partial charge in [-0.2, -0.15) is 0 Å². The van der Waals surface area contributed by atoms with E-state index in [9.17, 15) is 18.3 Å². The third-order valence-corrected chi connectivity index (χ3v) is 5.68. The van der Waals surface area contributed by atoms with E-state index in [0.29, 0.717) is 28.2 Å². The number of aliphatic hydroxyl groups is 1. The summed E-state index contributed by atoms with van der Waals surface area (Å²) in [7, 11) is -2.28. The zero-order chi connectivity index (χ0) is 19.1. The Morgan fingerprint density at radius 3 is 2.62 bits per heavy atom. The monoisotopic (exact) mass is 380 g/mol. The molecule has 2 N–H and O–H groups in total. The molecule has 0 aliphatic heterocycles. The normalized spacial score (nSPS) is 13.4. The number of aromatic nitrogens is 1. The van der Waals surface area contributed by atoms with E-state index in [1.165, 1.54) is 29.8 Å². The van der Waals surface area contributed by atoms with Crippen LogP contribution in [-0.2, 0) is 17.1 Å². The Kier molecular flexibility index (Phi) is 4.78. The van der Waals surface area contributed by atoms with Gasteiger partial charge in [0, 0.05) is 19.2 Å². The lowest BCUT2D eigenvalue weighted by molar-refractivity contribution is 0.167. The van der Waals surface area contributed by atoms with Gasteiger partial charge in [-0.3, -0.25) is 4.57 Å². The van der Waals surface area contributed by atoms with Crippen molar-refractivity contribution in [1.29, 1.82) is 0 Å². The van der Waals surface area contributed by atoms with E-state index in [4.69, 9.17) is 8.83 Å². The Morgan fingerprint density at radius 2 is 1.96 bits per heavy atom. The summed E-state index contributed by atoms with van der Waals surface area (Å²) in [6.45, 7) is 3.58. The average molecular weight is 380 g/mol. The van der Waals surface area contributed by atoms with Crippen molar-refractivity contribution in [3.05, 3.63) is 51.9 Å². The van der Waals surface area contributed by atoms with Crippen LogP contribution in [0.25, 0.3) is 11.1 Å². The van der Waals surface area contributed by atoms with Crippen LogP contribution in [0.3, 0.4) is 0 Å². The lowest BCUT2D eigenvalue weighted by Gasteiger charge is -2.11. The Morgan fingerprint density at radius 1 is 1.23 bits per heavy atom. The molecule has 8 nitrogen and oxygen atoms in total. The zero-order valence-corrected chi connectivity index (χ0v) is 15.5. The standard InChI is InChI=1S/C17H20N2O6S/c1-10-8-13(11(2)24-10)15(20)6-7-18-26(22,23)12-4-5-16-14(9-12)19(3)17(21)25-16/h4-5,8-9,15,18,20H,6-7H2,1-3H3/t15-/m0/s1. The van der Waals surface area contributed by atoms with Gasteiger partial charge < -0.3 is 13.9 Å². The van der Waals surface area contributed by atoms with Crippen molar-refractivity contribution in [2.45, 2.75) is 31.3 Å². The summed E-state index contributed by atoms with van der Waals surface area (Å²) in [4.78, 5) is 11.5. The van der Waals surface area contributed by atoms with Crippen molar-refractivity contribution in [1.82, 2.24) is 9.29 Å². The van der Waals surface area contributed by atoms with Crippen molar-refractivity contribution in [3.8, 4) is 0 Å². The number of furan rings is 1. The molecule has 3 rings (SSSR count). The summed E-state index contributed by atoms with van der Waals surface area (Å²) in [5, 5.41) is 10.2. The minimum atomic E-state index is -3.78. The number of nitrogens with one attached hydrogen (secondary N) is 1. The number of aliphatic hydroxyl groups excluding tert-OH is 1. The minimum Gasteiger partial charge on any atom is -0.466 e. The van der Waals surface area contributed by atoms with E-state index in [2.05, 4.69) is 4.72 Å². The van der Waals surface area contributed by atoms with Crippen LogP contribution < -0.4 is 10.5 Å². The van der Waals surface area contributed by atoms with Crippen LogP contribution in [0.15, 0.2) is 42.8 Å². The Bertz CT molecular complexity index is 1110. The lowest BCUT2D eigenvalue weighted by Crippen LogP contribution is -2.26. The molecule has 1 aromatic carbocycles. The molecular weight excluding hydrogens is 360 g/mol. The summed E-state index contributed by atoms with van der Waals surface area (Å²) in [5.41, 5.74) is 1.36. The van der Waals surface area contributed by atoms with Crippen molar-refractivity contribution < 1.29 is 22.4 Å². The molecule has 0 spiro atoms. The van der Waals surface area contributed by atoms with Crippen molar-refractivity contribution in [2.24, 2.45) is 7.05 Å². The molecule has 0 saturated carbocycles. The number of oxazole rings is 1. The number of fused-ring (bicyclic) bond motifs is 1. The van der Waals surface area contributed by atoms with Crippen molar-refractivity contribution in [2.75, 3.05) is 6.54 Å². The van der Waals surface area contributed by atoms with Crippen LogP contribution in [0.4, 0.5) is 0 Å². The number of sulfonamides is 1. The van der Waals surface area contributed by atoms with Crippen LogP contribution in [0, 0.1) is 13.8 Å². The first-order valence-electron chi connectivity index (χ1n) is 8.03. The van der Waals surface area contributed by atoms with Crippen LogP contribution in [0.1, 0.15) is 29.6 Å². The highest BCUT2D eigenvalue weighted by molar-refractivity contribution is 7.89. The first-order chi connectivity index (χ1) is 12.2. The molecule has 0 bridgehead atoms. The molecule has 0 saturated heterocycles. The third kappa shape index (κ3) is 3.46. The SMILES string of the molecule is Cc1cc([C@@H](O)CCNS(=O)(=O)c2ccc3oc(=O)n(C)c3c2)c(C)o1. The van der Waals surface area contributed by atoms with Crippen molar-refractivity contribution >= 4 is 21.1 Å². The molecule has 0 unspecified atom stereocenters. The fourth-order valence-electron chi connectivity index (χ4n) is 2.82. The first kappa shape index (κ1) is 18.4. The summed E-state index contributed by atoms with van der Waals surface area (Å²) in [6, 6.07) is 5.93. The van der Waals surface area contributed by atoms with Gasteiger partial charge in [-0.05, 0) is 44.5 Å². The maximum Gasteiger partial charge on any atom is 0.419 e. The summed E-state index contributed by atoms with van der Waals surface area (Å²) in [6.07, 6.45) is -0.627. The van der Waals surface area contributed by atoms with E-state index in [1.54, 1.807) is 19.9 Å². The van der Waals surface area contributed by atoms with Gasteiger partial charge in [0.2, 0.25) is 10.0 Å². The molecule has 140 valence electrons.